The molecule has 2 fully saturated rings. The van der Waals surface area contributed by atoms with Crippen LogP contribution in [0.2, 0.25) is 0 Å². The lowest BCUT2D eigenvalue weighted by Crippen LogP contribution is -2.53. The van der Waals surface area contributed by atoms with Gasteiger partial charge < -0.3 is 35.2 Å². The van der Waals surface area contributed by atoms with Crippen LogP contribution in [0.1, 0.15) is 29.5 Å². The number of benzene rings is 2. The van der Waals surface area contributed by atoms with Gasteiger partial charge in [-0.1, -0.05) is 12.1 Å². The summed E-state index contributed by atoms with van der Waals surface area (Å²) < 4.78 is 52.6. The first-order valence-electron chi connectivity index (χ1n) is 16.0. The highest BCUT2D eigenvalue weighted by Crippen LogP contribution is 2.36. The zero-order valence-electron chi connectivity index (χ0n) is 26.7. The minimum absolute atomic E-state index is 0.0106. The lowest BCUT2D eigenvalue weighted by Gasteiger charge is -2.43. The Morgan fingerprint density at radius 1 is 1.04 bits per heavy atom. The molecule has 0 saturated carbocycles. The topological polar surface area (TPSA) is 107 Å². The second-order valence-corrected chi connectivity index (χ2v) is 12.1. The van der Waals surface area contributed by atoms with Gasteiger partial charge in [-0.15, -0.1) is 0 Å². The van der Waals surface area contributed by atoms with Crippen molar-refractivity contribution in [3.05, 3.63) is 59.3 Å². The molecule has 11 nitrogen and oxygen atoms in total. The first kappa shape index (κ1) is 32.8. The number of piperazine rings is 1. The number of nitrogens with one attached hydrogen (secondary N) is 3. The highest BCUT2D eigenvalue weighted by molar-refractivity contribution is 5.99. The molecule has 4 heterocycles. The maximum absolute atomic E-state index is 13.9. The van der Waals surface area contributed by atoms with Gasteiger partial charge in [-0.3, -0.25) is 9.69 Å². The fourth-order valence-electron chi connectivity index (χ4n) is 6.62. The molecule has 14 heteroatoms. The number of carbonyl (C=O) groups is 1. The summed E-state index contributed by atoms with van der Waals surface area (Å²) in [6.45, 7) is 7.79. The van der Waals surface area contributed by atoms with Gasteiger partial charge in [0.05, 0.1) is 25.8 Å². The second kappa shape index (κ2) is 14.3. The Morgan fingerprint density at radius 3 is 2.55 bits per heavy atom. The summed E-state index contributed by atoms with van der Waals surface area (Å²) in [5.41, 5.74) is 2.71. The average molecular weight is 655 g/mol. The van der Waals surface area contributed by atoms with Gasteiger partial charge in [-0.2, -0.15) is 18.2 Å². The number of hydrogen-bond acceptors (Lipinski definition) is 10. The third kappa shape index (κ3) is 7.71. The zero-order chi connectivity index (χ0) is 33.0. The Bertz CT molecular complexity index is 1560. The Labute approximate surface area is 272 Å². The highest BCUT2D eigenvalue weighted by Gasteiger charge is 2.35. The number of nitrogens with zero attached hydrogens (tertiary/aromatic N) is 5. The standard InChI is InChI=1S/C33H41F3N8O3/c1-46-17-16-42-10-8-23(9-11-42)43-12-14-44(15-13-43)24-6-7-28(29(18-24)47-2)40-32-38-21-26(33(34,35)36)31(41-32)37-20-22-4-3-5-27-25(22)19-30(45)39-27/h3-7,18,21,23H,8-17,19-20H2,1-2H3,(H,39,45)(H2,37,38,40,41). The third-order valence-corrected chi connectivity index (χ3v) is 9.22. The molecule has 3 aliphatic heterocycles. The lowest BCUT2D eigenvalue weighted by atomic mass is 10.0. The summed E-state index contributed by atoms with van der Waals surface area (Å²) in [7, 11) is 3.30. The van der Waals surface area contributed by atoms with Crippen LogP contribution in [0.25, 0.3) is 0 Å². The summed E-state index contributed by atoms with van der Waals surface area (Å²) in [5.74, 6) is 0.00963. The molecular weight excluding hydrogens is 613 g/mol. The number of alkyl halides is 3. The van der Waals surface area contributed by atoms with Gasteiger partial charge >= 0.3 is 6.18 Å². The molecule has 2 aromatic carbocycles. The number of carbonyl (C=O) groups excluding carboxylic acids is 1. The van der Waals surface area contributed by atoms with Crippen molar-refractivity contribution < 1.29 is 27.4 Å². The molecule has 0 atom stereocenters. The lowest BCUT2D eigenvalue weighted by molar-refractivity contribution is -0.137. The molecule has 0 aliphatic carbocycles. The van der Waals surface area contributed by atoms with E-state index in [2.05, 4.69) is 40.6 Å². The minimum Gasteiger partial charge on any atom is -0.494 e. The van der Waals surface area contributed by atoms with Crippen molar-refractivity contribution in [3.8, 4) is 5.75 Å². The molecular formula is C33H41F3N8O3. The molecule has 1 aromatic heterocycles. The number of hydrogen-bond donors (Lipinski definition) is 3. The van der Waals surface area contributed by atoms with Crippen molar-refractivity contribution >= 4 is 34.7 Å². The summed E-state index contributed by atoms with van der Waals surface area (Å²) in [4.78, 5) is 27.4. The monoisotopic (exact) mass is 654 g/mol. The van der Waals surface area contributed by atoms with Crippen LogP contribution >= 0.6 is 0 Å². The van der Waals surface area contributed by atoms with E-state index in [-0.39, 0.29) is 30.6 Å². The van der Waals surface area contributed by atoms with E-state index in [0.29, 0.717) is 28.7 Å². The van der Waals surface area contributed by atoms with Gasteiger partial charge in [-0.05, 0) is 55.3 Å². The smallest absolute Gasteiger partial charge is 0.421 e. The van der Waals surface area contributed by atoms with E-state index < -0.39 is 11.7 Å². The number of anilines is 5. The van der Waals surface area contributed by atoms with E-state index in [4.69, 9.17) is 9.47 Å². The molecule has 3 aliphatic rings. The number of piperidine rings is 1. The van der Waals surface area contributed by atoms with Crippen LogP contribution in [-0.4, -0.2) is 98.4 Å². The van der Waals surface area contributed by atoms with E-state index in [1.807, 2.05) is 18.2 Å². The van der Waals surface area contributed by atoms with Crippen LogP contribution in [0.4, 0.5) is 42.0 Å². The number of amides is 1. The number of ether oxygens (including phenoxy) is 2. The number of rotatable bonds is 11. The number of aromatic nitrogens is 2. The van der Waals surface area contributed by atoms with Crippen molar-refractivity contribution in [1.29, 1.82) is 0 Å². The molecule has 252 valence electrons. The van der Waals surface area contributed by atoms with Gasteiger partial charge in [0.1, 0.15) is 17.1 Å². The maximum atomic E-state index is 13.9. The van der Waals surface area contributed by atoms with Crippen LogP contribution in [0.3, 0.4) is 0 Å². The number of halogens is 3. The van der Waals surface area contributed by atoms with E-state index >= 15 is 0 Å². The molecule has 2 saturated heterocycles. The molecule has 1 amide bonds. The Balaban J connectivity index is 1.10. The van der Waals surface area contributed by atoms with Gasteiger partial charge in [0, 0.05) is 76.1 Å². The van der Waals surface area contributed by atoms with Gasteiger partial charge in [-0.25, -0.2) is 4.98 Å². The summed E-state index contributed by atoms with van der Waals surface area (Å²) in [6.07, 6.45) is -1.37. The highest BCUT2D eigenvalue weighted by atomic mass is 19.4. The number of methoxy groups -OCH3 is 2. The van der Waals surface area contributed by atoms with Gasteiger partial charge in [0.15, 0.2) is 0 Å². The number of fused-ring (bicyclic) bond motifs is 1. The maximum Gasteiger partial charge on any atom is 0.421 e. The molecule has 0 unspecified atom stereocenters. The predicted octanol–water partition coefficient (Wildman–Crippen LogP) is 4.59. The molecule has 3 N–H and O–H groups in total. The average Bonchev–Trinajstić information content (AvgIpc) is 3.47. The normalized spacial score (nSPS) is 17.8. The Hall–Kier alpha value is -4.14. The second-order valence-electron chi connectivity index (χ2n) is 12.1. The fraction of sp³-hybridized carbons (Fsp3) is 0.485. The Kier molecular flexibility index (Phi) is 9.99. The van der Waals surface area contributed by atoms with Gasteiger partial charge in [0.25, 0.3) is 0 Å². The summed E-state index contributed by atoms with van der Waals surface area (Å²) in [5, 5.41) is 8.62. The van der Waals surface area contributed by atoms with Crippen molar-refractivity contribution in [2.75, 3.05) is 87.5 Å². The van der Waals surface area contributed by atoms with E-state index in [1.165, 1.54) is 12.8 Å². The SMILES string of the molecule is COCCN1CCC(N2CCN(c3ccc(Nc4ncc(C(F)(F)F)c(NCc5cccc6c5CC(=O)N6)n4)c(OC)c3)CC2)CC1. The van der Waals surface area contributed by atoms with E-state index in [0.717, 1.165) is 69.9 Å². The molecule has 47 heavy (non-hydrogen) atoms. The van der Waals surface area contributed by atoms with Crippen LogP contribution in [0.5, 0.6) is 5.75 Å². The summed E-state index contributed by atoms with van der Waals surface area (Å²) in [6, 6.07) is 11.6. The zero-order valence-corrected chi connectivity index (χ0v) is 26.7. The molecule has 3 aromatic rings. The van der Waals surface area contributed by atoms with Gasteiger partial charge in [0.2, 0.25) is 11.9 Å². The largest absolute Gasteiger partial charge is 0.494 e. The third-order valence-electron chi connectivity index (χ3n) is 9.22. The predicted molar refractivity (Wildman–Crippen MR) is 175 cm³/mol. The minimum atomic E-state index is -4.66. The quantitative estimate of drug-likeness (QED) is 0.272. The van der Waals surface area contributed by atoms with Crippen molar-refractivity contribution in [3.63, 3.8) is 0 Å². The van der Waals surface area contributed by atoms with E-state index in [1.54, 1.807) is 32.4 Å². The van der Waals surface area contributed by atoms with Crippen molar-refractivity contribution in [2.45, 2.75) is 38.0 Å². The molecule has 6 rings (SSSR count). The molecule has 0 bridgehead atoms. The Morgan fingerprint density at radius 2 is 1.83 bits per heavy atom. The van der Waals surface area contributed by atoms with Crippen LogP contribution in [-0.2, 0) is 28.7 Å². The molecule has 0 spiro atoms. The van der Waals surface area contributed by atoms with Crippen LogP contribution in [0.15, 0.2) is 42.6 Å². The first-order valence-corrected chi connectivity index (χ1v) is 16.0. The molecule has 0 radical (unpaired) electrons. The first-order chi connectivity index (χ1) is 22.7. The summed E-state index contributed by atoms with van der Waals surface area (Å²) >= 11 is 0. The van der Waals surface area contributed by atoms with Crippen molar-refractivity contribution in [1.82, 2.24) is 19.8 Å². The van der Waals surface area contributed by atoms with Crippen LogP contribution < -0.4 is 25.6 Å². The fourth-order valence-corrected chi connectivity index (χ4v) is 6.62. The number of likely N-dealkylation sites (tertiary alicyclic amines) is 1. The van der Waals surface area contributed by atoms with E-state index in [9.17, 15) is 18.0 Å². The van der Waals surface area contributed by atoms with Crippen LogP contribution in [0, 0.1) is 0 Å². The van der Waals surface area contributed by atoms with Crippen molar-refractivity contribution in [2.24, 2.45) is 0 Å².